The van der Waals surface area contributed by atoms with E-state index in [9.17, 15) is 18.0 Å². The second-order valence-electron chi connectivity index (χ2n) is 7.10. The molecule has 2 aliphatic heterocycles. The van der Waals surface area contributed by atoms with Gasteiger partial charge in [-0.2, -0.15) is 13.2 Å². The molecule has 2 saturated heterocycles. The van der Waals surface area contributed by atoms with Crippen molar-refractivity contribution in [3.8, 4) is 0 Å². The van der Waals surface area contributed by atoms with Crippen LogP contribution in [-0.2, 0) is 11.0 Å². The van der Waals surface area contributed by atoms with Gasteiger partial charge in [0.25, 0.3) is 0 Å². The van der Waals surface area contributed by atoms with Gasteiger partial charge in [0.1, 0.15) is 5.69 Å². The van der Waals surface area contributed by atoms with Crippen LogP contribution in [0.5, 0.6) is 0 Å². The molecule has 3 heterocycles. The summed E-state index contributed by atoms with van der Waals surface area (Å²) < 4.78 is 38.9. The molecule has 2 aliphatic rings. The van der Waals surface area contributed by atoms with E-state index in [1.54, 1.807) is 11.8 Å². The Kier molecular flexibility index (Phi) is 4.28. The van der Waals surface area contributed by atoms with Crippen molar-refractivity contribution < 1.29 is 18.0 Å². The molecule has 27 heavy (non-hydrogen) atoms. The number of rotatable bonds is 2. The molecule has 2 aromatic rings. The minimum Gasteiger partial charge on any atom is -0.340 e. The monoisotopic (exact) mass is 376 g/mol. The Morgan fingerprint density at radius 1 is 1.11 bits per heavy atom. The zero-order valence-electron chi connectivity index (χ0n) is 14.7. The lowest BCUT2D eigenvalue weighted by molar-refractivity contribution is -0.141. The zero-order valence-corrected chi connectivity index (χ0v) is 14.7. The molecule has 4 rings (SSSR count). The number of amides is 1. The molecule has 0 bridgehead atoms. The van der Waals surface area contributed by atoms with Crippen LogP contribution in [0, 0.1) is 11.8 Å². The number of carbonyl (C=O) groups is 1. The van der Waals surface area contributed by atoms with Gasteiger partial charge in [-0.3, -0.25) is 4.79 Å². The summed E-state index contributed by atoms with van der Waals surface area (Å²) in [6.07, 6.45) is -3.35. The third-order valence-electron chi connectivity index (χ3n) is 5.43. The Balaban J connectivity index is 1.61. The fourth-order valence-electron chi connectivity index (χ4n) is 4.27. The quantitative estimate of drug-likeness (QED) is 0.808. The topological polar surface area (TPSA) is 49.3 Å². The summed E-state index contributed by atoms with van der Waals surface area (Å²) in [5.41, 5.74) is 0.113. The molecule has 3 atom stereocenters. The van der Waals surface area contributed by atoms with Crippen LogP contribution < -0.4 is 4.90 Å². The van der Waals surface area contributed by atoms with Crippen LogP contribution in [0.1, 0.15) is 24.2 Å². The fourth-order valence-corrected chi connectivity index (χ4v) is 4.27. The Bertz CT molecular complexity index is 842. The van der Waals surface area contributed by atoms with Crippen molar-refractivity contribution in [1.82, 2.24) is 14.9 Å². The van der Waals surface area contributed by atoms with Gasteiger partial charge >= 0.3 is 6.18 Å². The van der Waals surface area contributed by atoms with Crippen LogP contribution in [0.15, 0.2) is 42.6 Å². The maximum Gasteiger partial charge on any atom is 0.433 e. The third kappa shape index (κ3) is 3.24. The molecule has 1 aromatic carbocycles. The second kappa shape index (κ2) is 6.51. The van der Waals surface area contributed by atoms with Crippen molar-refractivity contribution in [3.05, 3.63) is 53.9 Å². The van der Waals surface area contributed by atoms with Gasteiger partial charge in [0.15, 0.2) is 0 Å². The molecule has 0 radical (unpaired) electrons. The maximum absolute atomic E-state index is 13.0. The first-order chi connectivity index (χ1) is 12.8. The van der Waals surface area contributed by atoms with E-state index in [1.165, 1.54) is 0 Å². The number of likely N-dealkylation sites (tertiary alicyclic amines) is 1. The van der Waals surface area contributed by atoms with E-state index in [4.69, 9.17) is 0 Å². The molecule has 0 aliphatic carbocycles. The summed E-state index contributed by atoms with van der Waals surface area (Å²) in [5.74, 6) is 0.423. The average Bonchev–Trinajstić information content (AvgIpc) is 3.19. The summed E-state index contributed by atoms with van der Waals surface area (Å²) in [7, 11) is 0. The first-order valence-electron chi connectivity index (χ1n) is 8.82. The van der Waals surface area contributed by atoms with Crippen molar-refractivity contribution in [3.63, 3.8) is 0 Å². The highest BCUT2D eigenvalue weighted by atomic mass is 19.4. The van der Waals surface area contributed by atoms with Crippen molar-refractivity contribution in [2.24, 2.45) is 11.8 Å². The highest BCUT2D eigenvalue weighted by molar-refractivity contribution is 5.74. The molecule has 0 N–H and O–H groups in total. The van der Waals surface area contributed by atoms with Gasteiger partial charge in [-0.05, 0) is 11.6 Å². The molecule has 5 nitrogen and oxygen atoms in total. The Hall–Kier alpha value is -2.64. The Morgan fingerprint density at radius 3 is 2.52 bits per heavy atom. The minimum atomic E-state index is -4.49. The molecule has 2 fully saturated rings. The SMILES string of the molecule is CC(=O)N1C[C@H]2CN(c3nccc(C(F)(F)F)n3)C[C@H]2[C@@H]1c1ccccc1. The Labute approximate surface area is 154 Å². The van der Waals surface area contributed by atoms with E-state index in [2.05, 4.69) is 9.97 Å². The molecule has 8 heteroatoms. The van der Waals surface area contributed by atoms with Crippen LogP contribution in [-0.4, -0.2) is 40.4 Å². The Morgan fingerprint density at radius 2 is 1.85 bits per heavy atom. The van der Waals surface area contributed by atoms with Gasteiger partial charge in [0.2, 0.25) is 11.9 Å². The highest BCUT2D eigenvalue weighted by Crippen LogP contribution is 2.45. The number of benzene rings is 1. The van der Waals surface area contributed by atoms with Gasteiger partial charge in [0.05, 0.1) is 6.04 Å². The van der Waals surface area contributed by atoms with Crippen LogP contribution in [0.4, 0.5) is 19.1 Å². The molecule has 0 unspecified atom stereocenters. The number of halogens is 3. The molecular formula is C19H19F3N4O. The van der Waals surface area contributed by atoms with Crippen molar-refractivity contribution in [2.75, 3.05) is 24.5 Å². The zero-order chi connectivity index (χ0) is 19.2. The molecule has 0 spiro atoms. The lowest BCUT2D eigenvalue weighted by Crippen LogP contribution is -2.34. The van der Waals surface area contributed by atoms with Gasteiger partial charge in [0, 0.05) is 44.6 Å². The summed E-state index contributed by atoms with van der Waals surface area (Å²) in [5, 5.41) is 0. The van der Waals surface area contributed by atoms with Crippen LogP contribution >= 0.6 is 0 Å². The largest absolute Gasteiger partial charge is 0.433 e. The van der Waals surface area contributed by atoms with Crippen molar-refractivity contribution in [1.29, 1.82) is 0 Å². The van der Waals surface area contributed by atoms with Crippen LogP contribution in [0.3, 0.4) is 0 Å². The van der Waals surface area contributed by atoms with Gasteiger partial charge < -0.3 is 9.80 Å². The average molecular weight is 376 g/mol. The van der Waals surface area contributed by atoms with Crippen LogP contribution in [0.2, 0.25) is 0 Å². The second-order valence-corrected chi connectivity index (χ2v) is 7.10. The van der Waals surface area contributed by atoms with Gasteiger partial charge in [-0.1, -0.05) is 30.3 Å². The fraction of sp³-hybridized carbons (Fsp3) is 0.421. The third-order valence-corrected chi connectivity index (χ3v) is 5.43. The standard InChI is InChI=1S/C19H19F3N4O/c1-12(27)26-10-14-9-25(18-23-8-7-16(24-18)19(20,21)22)11-15(14)17(26)13-5-3-2-4-6-13/h2-8,14-15,17H,9-11H2,1H3/t14-,15-,17+/m1/s1. The predicted octanol–water partition coefficient (Wildman–Crippen LogP) is 3.15. The molecule has 0 saturated carbocycles. The number of aromatic nitrogens is 2. The van der Waals surface area contributed by atoms with E-state index in [1.807, 2.05) is 35.2 Å². The molecule has 142 valence electrons. The molecular weight excluding hydrogens is 357 g/mol. The normalized spacial score (nSPS) is 25.0. The first kappa shape index (κ1) is 17.8. The lowest BCUT2D eigenvalue weighted by Gasteiger charge is -2.29. The molecule has 1 amide bonds. The summed E-state index contributed by atoms with van der Waals surface area (Å²) in [4.78, 5) is 23.6. The van der Waals surface area contributed by atoms with E-state index in [0.717, 1.165) is 17.8 Å². The summed E-state index contributed by atoms with van der Waals surface area (Å²) in [6.45, 7) is 3.22. The predicted molar refractivity (Wildman–Crippen MR) is 92.8 cm³/mol. The van der Waals surface area contributed by atoms with Gasteiger partial charge in [-0.25, -0.2) is 9.97 Å². The summed E-state index contributed by atoms with van der Waals surface area (Å²) in [6, 6.07) is 10.6. The number of hydrogen-bond donors (Lipinski definition) is 0. The smallest absolute Gasteiger partial charge is 0.340 e. The maximum atomic E-state index is 13.0. The van der Waals surface area contributed by atoms with Crippen LogP contribution in [0.25, 0.3) is 0 Å². The van der Waals surface area contributed by atoms with E-state index in [0.29, 0.717) is 19.6 Å². The number of anilines is 1. The van der Waals surface area contributed by atoms with E-state index >= 15 is 0 Å². The summed E-state index contributed by atoms with van der Waals surface area (Å²) >= 11 is 0. The van der Waals surface area contributed by atoms with E-state index < -0.39 is 11.9 Å². The van der Waals surface area contributed by atoms with E-state index in [-0.39, 0.29) is 29.7 Å². The number of nitrogens with zero attached hydrogens (tertiary/aromatic N) is 4. The molecule has 1 aromatic heterocycles. The van der Waals surface area contributed by atoms with Crippen molar-refractivity contribution in [2.45, 2.75) is 19.1 Å². The van der Waals surface area contributed by atoms with Gasteiger partial charge in [-0.15, -0.1) is 0 Å². The highest BCUT2D eigenvalue weighted by Gasteiger charge is 2.49. The number of alkyl halides is 3. The number of hydrogen-bond acceptors (Lipinski definition) is 4. The number of fused-ring (bicyclic) bond motifs is 1. The minimum absolute atomic E-state index is 0.0140. The number of carbonyl (C=O) groups excluding carboxylic acids is 1. The van der Waals surface area contributed by atoms with Crippen molar-refractivity contribution >= 4 is 11.9 Å². The first-order valence-corrected chi connectivity index (χ1v) is 8.82. The lowest BCUT2D eigenvalue weighted by atomic mass is 9.89.